The van der Waals surface area contributed by atoms with Gasteiger partial charge in [0.1, 0.15) is 17.5 Å². The molecule has 0 aliphatic heterocycles. The fraction of sp³-hybridized carbons (Fsp3) is 0.190. The molecule has 1 aliphatic carbocycles. The number of H-pyrrole nitrogens is 1. The van der Waals surface area contributed by atoms with E-state index in [1.165, 1.54) is 12.1 Å². The molecule has 1 atom stereocenters. The zero-order valence-electron chi connectivity index (χ0n) is 15.3. The lowest BCUT2D eigenvalue weighted by atomic mass is 9.79. The average molecular weight is 435 g/mol. The van der Waals surface area contributed by atoms with Crippen LogP contribution in [-0.4, -0.2) is 27.1 Å². The monoisotopic (exact) mass is 434 g/mol. The fourth-order valence-corrected chi connectivity index (χ4v) is 4.13. The second kappa shape index (κ2) is 7.60. The topological polar surface area (TPSA) is 83.0 Å². The summed E-state index contributed by atoms with van der Waals surface area (Å²) < 4.78 is 42.4. The van der Waals surface area contributed by atoms with Gasteiger partial charge in [-0.05, 0) is 43.5 Å². The van der Waals surface area contributed by atoms with E-state index in [1.807, 2.05) is 0 Å². The highest BCUT2D eigenvalue weighted by Crippen LogP contribution is 2.41. The van der Waals surface area contributed by atoms with Crippen molar-refractivity contribution in [2.45, 2.75) is 25.2 Å². The minimum atomic E-state index is -1.28. The summed E-state index contributed by atoms with van der Waals surface area (Å²) >= 11 is 5.94. The number of fused-ring (bicyclic) bond motifs is 1. The molecule has 154 valence electrons. The van der Waals surface area contributed by atoms with E-state index in [-0.39, 0.29) is 21.8 Å². The molecule has 2 N–H and O–H groups in total. The maximum absolute atomic E-state index is 14.6. The van der Waals surface area contributed by atoms with Crippen molar-refractivity contribution < 1.29 is 27.9 Å². The molecule has 30 heavy (non-hydrogen) atoms. The van der Waals surface area contributed by atoms with Gasteiger partial charge in [0.15, 0.2) is 5.78 Å². The summed E-state index contributed by atoms with van der Waals surface area (Å²) in [5.41, 5.74) is 0.528. The molecule has 0 saturated heterocycles. The van der Waals surface area contributed by atoms with E-state index >= 15 is 0 Å². The van der Waals surface area contributed by atoms with Gasteiger partial charge in [0, 0.05) is 22.9 Å². The predicted octanol–water partition coefficient (Wildman–Crippen LogP) is 5.15. The number of aromatic nitrogens is 2. The summed E-state index contributed by atoms with van der Waals surface area (Å²) in [4.78, 5) is 24.2. The van der Waals surface area contributed by atoms with Gasteiger partial charge in [-0.15, -0.1) is 0 Å². The average Bonchev–Trinajstić information content (AvgIpc) is 3.11. The Morgan fingerprint density at radius 3 is 2.57 bits per heavy atom. The lowest BCUT2D eigenvalue weighted by Crippen LogP contribution is -2.20. The molecular weight excluding hydrogens is 421 g/mol. The first-order valence-corrected chi connectivity index (χ1v) is 9.44. The first-order valence-electron chi connectivity index (χ1n) is 9.07. The molecular formula is C21H14ClF3N2O3. The number of nitrogens with zero attached hydrogens (tertiary/aromatic N) is 1. The Bertz CT molecular complexity index is 1170. The van der Waals surface area contributed by atoms with Crippen LogP contribution in [0.3, 0.4) is 0 Å². The first-order chi connectivity index (χ1) is 14.3. The van der Waals surface area contributed by atoms with E-state index in [0.717, 1.165) is 12.1 Å². The number of halogens is 4. The molecule has 5 nitrogen and oxygen atoms in total. The van der Waals surface area contributed by atoms with Gasteiger partial charge in [-0.3, -0.25) is 9.89 Å². The summed E-state index contributed by atoms with van der Waals surface area (Å²) in [6.07, 6.45) is 1.51. The number of carbonyl (C=O) groups excluding carboxylic acids is 1. The number of aromatic carboxylic acids is 1. The summed E-state index contributed by atoms with van der Waals surface area (Å²) in [5.74, 6) is -5.57. The van der Waals surface area contributed by atoms with Crippen molar-refractivity contribution in [1.82, 2.24) is 10.2 Å². The zero-order chi connectivity index (χ0) is 21.6. The number of nitrogens with one attached hydrogen (secondary N) is 1. The van der Waals surface area contributed by atoms with Crippen LogP contribution in [0.25, 0.3) is 11.3 Å². The maximum Gasteiger partial charge on any atom is 0.335 e. The van der Waals surface area contributed by atoms with E-state index in [0.29, 0.717) is 36.6 Å². The molecule has 4 rings (SSSR count). The molecule has 0 radical (unpaired) electrons. The van der Waals surface area contributed by atoms with Crippen LogP contribution < -0.4 is 0 Å². The number of hydrogen-bond acceptors (Lipinski definition) is 3. The summed E-state index contributed by atoms with van der Waals surface area (Å²) in [5, 5.41) is 15.6. The van der Waals surface area contributed by atoms with E-state index in [4.69, 9.17) is 16.7 Å². The second-order valence-electron chi connectivity index (χ2n) is 7.02. The minimum absolute atomic E-state index is 0.0166. The van der Waals surface area contributed by atoms with E-state index in [1.54, 1.807) is 0 Å². The number of carbonyl (C=O) groups is 2. The van der Waals surface area contributed by atoms with Crippen molar-refractivity contribution in [3.8, 4) is 11.3 Å². The molecule has 1 heterocycles. The fourth-order valence-electron chi connectivity index (χ4n) is 3.84. The quantitative estimate of drug-likeness (QED) is 0.556. The van der Waals surface area contributed by atoms with Crippen LogP contribution in [0.5, 0.6) is 0 Å². The van der Waals surface area contributed by atoms with Crippen molar-refractivity contribution >= 4 is 23.4 Å². The van der Waals surface area contributed by atoms with Crippen LogP contribution in [0.2, 0.25) is 5.02 Å². The number of carboxylic acids is 1. The second-order valence-corrected chi connectivity index (χ2v) is 7.42. The maximum atomic E-state index is 14.6. The summed E-state index contributed by atoms with van der Waals surface area (Å²) in [7, 11) is 0. The highest BCUT2D eigenvalue weighted by molar-refractivity contribution is 6.34. The van der Waals surface area contributed by atoms with E-state index in [9.17, 15) is 22.8 Å². The minimum Gasteiger partial charge on any atom is -0.478 e. The molecule has 0 saturated carbocycles. The zero-order valence-corrected chi connectivity index (χ0v) is 16.1. The lowest BCUT2D eigenvalue weighted by molar-refractivity contribution is 0.0696. The summed E-state index contributed by atoms with van der Waals surface area (Å²) in [6.45, 7) is 0. The van der Waals surface area contributed by atoms with Crippen LogP contribution >= 0.6 is 11.6 Å². The Kier molecular flexibility index (Phi) is 5.11. The number of carboxylic acid groups (broad SMARTS) is 1. The lowest BCUT2D eigenvalue weighted by Gasteiger charge is -2.23. The molecule has 9 heteroatoms. The predicted molar refractivity (Wildman–Crippen MR) is 102 cm³/mol. The molecule has 3 aromatic rings. The standard InChI is InChI=1S/C21H14ClF3N2O3/c22-13-7-10(23)8-15(25)18(13)20(28)12-2-1-3-16-17(12)19(27-26-16)11-5-4-9(21(29)30)6-14(11)24/h4-8,12H,1-3H2,(H,26,27)(H,29,30). The van der Waals surface area contributed by atoms with Crippen LogP contribution in [0.4, 0.5) is 13.2 Å². The molecule has 0 amide bonds. The van der Waals surface area contributed by atoms with Crippen LogP contribution in [0, 0.1) is 17.5 Å². The van der Waals surface area contributed by atoms with Crippen molar-refractivity contribution in [3.63, 3.8) is 0 Å². The molecule has 0 bridgehead atoms. The van der Waals surface area contributed by atoms with Gasteiger partial charge in [0.25, 0.3) is 0 Å². The Morgan fingerprint density at radius 1 is 1.13 bits per heavy atom. The molecule has 2 aromatic carbocycles. The van der Waals surface area contributed by atoms with Gasteiger partial charge < -0.3 is 5.11 Å². The smallest absolute Gasteiger partial charge is 0.335 e. The normalized spacial score (nSPS) is 15.7. The number of ketones is 1. The van der Waals surface area contributed by atoms with Gasteiger partial charge in [0.05, 0.1) is 27.8 Å². The molecule has 0 spiro atoms. The van der Waals surface area contributed by atoms with Gasteiger partial charge >= 0.3 is 5.97 Å². The molecule has 1 aromatic heterocycles. The first kappa shape index (κ1) is 20.2. The van der Waals surface area contributed by atoms with Gasteiger partial charge in [-0.2, -0.15) is 5.10 Å². The van der Waals surface area contributed by atoms with Crippen molar-refractivity contribution in [2.24, 2.45) is 0 Å². The van der Waals surface area contributed by atoms with E-state index in [2.05, 4.69) is 10.2 Å². The number of benzene rings is 2. The third-order valence-electron chi connectivity index (χ3n) is 5.19. The van der Waals surface area contributed by atoms with Gasteiger partial charge in [-0.1, -0.05) is 11.6 Å². The van der Waals surface area contributed by atoms with Crippen molar-refractivity contribution in [2.75, 3.05) is 0 Å². The van der Waals surface area contributed by atoms with Gasteiger partial charge in [-0.25, -0.2) is 18.0 Å². The summed E-state index contributed by atoms with van der Waals surface area (Å²) in [6, 6.07) is 4.83. The highest BCUT2D eigenvalue weighted by atomic mass is 35.5. The Balaban J connectivity index is 1.82. The molecule has 1 unspecified atom stereocenters. The van der Waals surface area contributed by atoms with Crippen molar-refractivity contribution in [1.29, 1.82) is 0 Å². The molecule has 0 fully saturated rings. The van der Waals surface area contributed by atoms with E-state index < -0.39 is 40.7 Å². The SMILES string of the molecule is O=C(O)c1ccc(-c2n[nH]c3c2C(C(=O)c2c(F)cc(F)cc2Cl)CCC3)c(F)c1. The Morgan fingerprint density at radius 2 is 1.90 bits per heavy atom. The highest BCUT2D eigenvalue weighted by Gasteiger charge is 2.35. The Labute approximate surface area is 173 Å². The van der Waals surface area contributed by atoms with Crippen LogP contribution in [-0.2, 0) is 6.42 Å². The van der Waals surface area contributed by atoms with Gasteiger partial charge in [0.2, 0.25) is 0 Å². The third-order valence-corrected chi connectivity index (χ3v) is 5.49. The number of hydrogen-bond donors (Lipinski definition) is 2. The Hall–Kier alpha value is -3.13. The number of aryl methyl sites for hydroxylation is 1. The third kappa shape index (κ3) is 3.37. The van der Waals surface area contributed by atoms with Crippen LogP contribution in [0.1, 0.15) is 50.7 Å². The number of Topliss-reactive ketones (excluding diaryl/α,β-unsaturated/α-hetero) is 1. The van der Waals surface area contributed by atoms with Crippen molar-refractivity contribution in [3.05, 3.63) is 75.2 Å². The largest absolute Gasteiger partial charge is 0.478 e. The number of aromatic amines is 1. The number of rotatable bonds is 4. The molecule has 1 aliphatic rings. The van der Waals surface area contributed by atoms with Crippen LogP contribution in [0.15, 0.2) is 30.3 Å².